The van der Waals surface area contributed by atoms with Crippen LogP contribution in [0.25, 0.3) is 0 Å². The van der Waals surface area contributed by atoms with Crippen molar-refractivity contribution in [1.82, 2.24) is 10.2 Å². The van der Waals surface area contributed by atoms with Crippen LogP contribution in [0.3, 0.4) is 0 Å². The lowest BCUT2D eigenvalue weighted by atomic mass is 10.1. The molecule has 3 heteroatoms. The van der Waals surface area contributed by atoms with Gasteiger partial charge in [0.1, 0.15) is 0 Å². The highest BCUT2D eigenvalue weighted by molar-refractivity contribution is 4.99. The first kappa shape index (κ1) is 7.28. The molecule has 1 heterocycles. The van der Waals surface area contributed by atoms with Gasteiger partial charge in [-0.25, -0.2) is 0 Å². The molecule has 0 aromatic carbocycles. The number of hydrogen-bond donors (Lipinski definition) is 2. The average Bonchev–Trinajstić information content (AvgIpc) is 2.40. The highest BCUT2D eigenvalue weighted by atomic mass is 15.1. The van der Waals surface area contributed by atoms with Crippen LogP contribution in [0.4, 0.5) is 0 Å². The molecule has 1 aromatic rings. The summed E-state index contributed by atoms with van der Waals surface area (Å²) >= 11 is 0. The first-order chi connectivity index (χ1) is 4.83. The third-order valence-corrected chi connectivity index (χ3v) is 1.56. The number of H-pyrrole nitrogens is 1. The molecule has 0 aliphatic carbocycles. The number of aromatic amines is 1. The first-order valence-electron chi connectivity index (χ1n) is 3.56. The fourth-order valence-corrected chi connectivity index (χ4v) is 0.825. The summed E-state index contributed by atoms with van der Waals surface area (Å²) in [6.07, 6.45) is 3.66. The maximum Gasteiger partial charge on any atom is 0.0490 e. The van der Waals surface area contributed by atoms with E-state index < -0.39 is 0 Å². The van der Waals surface area contributed by atoms with Gasteiger partial charge in [0.2, 0.25) is 0 Å². The molecule has 0 spiro atoms. The van der Waals surface area contributed by atoms with Crippen LogP contribution in [-0.4, -0.2) is 16.2 Å². The third-order valence-electron chi connectivity index (χ3n) is 1.56. The summed E-state index contributed by atoms with van der Waals surface area (Å²) in [6, 6.07) is 2.22. The summed E-state index contributed by atoms with van der Waals surface area (Å²) < 4.78 is 0. The summed E-state index contributed by atoms with van der Waals surface area (Å²) in [5.74, 6) is 0. The predicted molar refractivity (Wildman–Crippen MR) is 40.6 cm³/mol. The summed E-state index contributed by atoms with van der Waals surface area (Å²) in [4.78, 5) is 0. The number of rotatable bonds is 3. The van der Waals surface area contributed by atoms with Gasteiger partial charge in [-0.15, -0.1) is 0 Å². The van der Waals surface area contributed by atoms with Crippen molar-refractivity contribution in [2.24, 2.45) is 5.73 Å². The van der Waals surface area contributed by atoms with E-state index in [1.165, 1.54) is 0 Å². The minimum absolute atomic E-state index is 0.264. The Labute approximate surface area is 60.6 Å². The lowest BCUT2D eigenvalue weighted by Gasteiger charge is -2.04. The second-order valence-electron chi connectivity index (χ2n) is 2.45. The smallest absolute Gasteiger partial charge is 0.0490 e. The molecule has 56 valence electrons. The summed E-state index contributed by atoms with van der Waals surface area (Å²) in [5.41, 5.74) is 6.84. The molecule has 0 amide bonds. The fraction of sp³-hybridized carbons (Fsp3) is 0.571. The van der Waals surface area contributed by atoms with Gasteiger partial charge in [0.15, 0.2) is 0 Å². The summed E-state index contributed by atoms with van der Waals surface area (Å²) in [6.45, 7) is 2.08. The van der Waals surface area contributed by atoms with Gasteiger partial charge < -0.3 is 5.73 Å². The van der Waals surface area contributed by atoms with E-state index in [-0.39, 0.29) is 6.04 Å². The highest BCUT2D eigenvalue weighted by Gasteiger charge is 2.00. The van der Waals surface area contributed by atoms with Gasteiger partial charge in [0.05, 0.1) is 0 Å². The van der Waals surface area contributed by atoms with Gasteiger partial charge in [-0.05, 0) is 12.5 Å². The van der Waals surface area contributed by atoms with Gasteiger partial charge in [0.25, 0.3) is 0 Å². The lowest BCUT2D eigenvalue weighted by molar-refractivity contribution is 0.635. The fourth-order valence-electron chi connectivity index (χ4n) is 0.825. The standard InChI is InChI=1S/C7H13N3/c1-2-6(8)5-7-3-4-9-10-7/h3-4,6H,2,5,8H2,1H3,(H,9,10). The normalized spacial score (nSPS) is 13.4. The van der Waals surface area contributed by atoms with Crippen LogP contribution in [0.2, 0.25) is 0 Å². The largest absolute Gasteiger partial charge is 0.327 e. The third kappa shape index (κ3) is 1.84. The van der Waals surface area contributed by atoms with E-state index in [1.54, 1.807) is 6.20 Å². The van der Waals surface area contributed by atoms with Gasteiger partial charge in [0, 0.05) is 24.4 Å². The maximum absolute atomic E-state index is 5.72. The van der Waals surface area contributed by atoms with E-state index in [9.17, 15) is 0 Å². The average molecular weight is 139 g/mol. The van der Waals surface area contributed by atoms with Crippen LogP contribution >= 0.6 is 0 Å². The van der Waals surface area contributed by atoms with Gasteiger partial charge >= 0.3 is 0 Å². The van der Waals surface area contributed by atoms with E-state index in [4.69, 9.17) is 5.73 Å². The van der Waals surface area contributed by atoms with Crippen LogP contribution in [0.5, 0.6) is 0 Å². The summed E-state index contributed by atoms with van der Waals surface area (Å²) in [7, 11) is 0. The van der Waals surface area contributed by atoms with Crippen LogP contribution in [-0.2, 0) is 6.42 Å². The molecule has 1 atom stereocenters. The van der Waals surface area contributed by atoms with Crippen molar-refractivity contribution in [3.05, 3.63) is 18.0 Å². The molecule has 3 nitrogen and oxygen atoms in total. The van der Waals surface area contributed by atoms with Crippen molar-refractivity contribution in [3.63, 3.8) is 0 Å². The number of aromatic nitrogens is 2. The molecule has 10 heavy (non-hydrogen) atoms. The Morgan fingerprint density at radius 1 is 1.80 bits per heavy atom. The lowest BCUT2D eigenvalue weighted by Crippen LogP contribution is -2.21. The predicted octanol–water partition coefficient (Wildman–Crippen LogP) is 0.690. The van der Waals surface area contributed by atoms with Crippen LogP contribution < -0.4 is 5.73 Å². The van der Waals surface area contributed by atoms with Crippen molar-refractivity contribution in [3.8, 4) is 0 Å². The molecule has 1 rings (SSSR count). The molecule has 0 fully saturated rings. The van der Waals surface area contributed by atoms with E-state index in [0.29, 0.717) is 0 Å². The maximum atomic E-state index is 5.72. The molecule has 0 aliphatic rings. The molecular weight excluding hydrogens is 126 g/mol. The Kier molecular flexibility index (Phi) is 2.45. The van der Waals surface area contributed by atoms with E-state index in [1.807, 2.05) is 6.07 Å². The van der Waals surface area contributed by atoms with Crippen LogP contribution in [0.15, 0.2) is 12.3 Å². The van der Waals surface area contributed by atoms with Crippen molar-refractivity contribution < 1.29 is 0 Å². The van der Waals surface area contributed by atoms with Gasteiger partial charge in [-0.2, -0.15) is 5.10 Å². The molecular formula is C7H13N3. The number of hydrogen-bond acceptors (Lipinski definition) is 2. The SMILES string of the molecule is CCC(N)Cc1ccn[nH]1. The quantitative estimate of drug-likeness (QED) is 0.647. The Morgan fingerprint density at radius 3 is 3.10 bits per heavy atom. The summed E-state index contributed by atoms with van der Waals surface area (Å²) in [5, 5.41) is 6.70. The zero-order valence-electron chi connectivity index (χ0n) is 6.17. The second kappa shape index (κ2) is 3.37. The van der Waals surface area contributed by atoms with Gasteiger partial charge in [-0.3, -0.25) is 5.10 Å². The second-order valence-corrected chi connectivity index (χ2v) is 2.45. The Bertz CT molecular complexity index is 169. The molecule has 1 aromatic heterocycles. The zero-order valence-corrected chi connectivity index (χ0v) is 6.17. The van der Waals surface area contributed by atoms with E-state index >= 15 is 0 Å². The van der Waals surface area contributed by atoms with Gasteiger partial charge in [-0.1, -0.05) is 6.92 Å². The van der Waals surface area contributed by atoms with Crippen molar-refractivity contribution >= 4 is 0 Å². The Balaban J connectivity index is 2.40. The molecule has 0 bridgehead atoms. The minimum Gasteiger partial charge on any atom is -0.327 e. The topological polar surface area (TPSA) is 54.7 Å². The van der Waals surface area contributed by atoms with Crippen molar-refractivity contribution in [2.45, 2.75) is 25.8 Å². The van der Waals surface area contributed by atoms with Crippen LogP contribution in [0, 0.1) is 0 Å². The molecule has 0 saturated heterocycles. The van der Waals surface area contributed by atoms with E-state index in [2.05, 4.69) is 17.1 Å². The number of nitrogens with zero attached hydrogens (tertiary/aromatic N) is 1. The molecule has 1 unspecified atom stereocenters. The monoisotopic (exact) mass is 139 g/mol. The highest BCUT2D eigenvalue weighted by Crippen LogP contribution is 1.98. The minimum atomic E-state index is 0.264. The zero-order chi connectivity index (χ0) is 7.40. The Hall–Kier alpha value is -0.830. The van der Waals surface area contributed by atoms with E-state index in [0.717, 1.165) is 18.5 Å². The van der Waals surface area contributed by atoms with Crippen molar-refractivity contribution in [2.75, 3.05) is 0 Å². The molecule has 0 radical (unpaired) electrons. The van der Waals surface area contributed by atoms with Crippen molar-refractivity contribution in [1.29, 1.82) is 0 Å². The number of nitrogens with one attached hydrogen (secondary N) is 1. The Morgan fingerprint density at radius 2 is 2.60 bits per heavy atom. The number of nitrogens with two attached hydrogens (primary N) is 1. The molecule has 3 N–H and O–H groups in total. The molecule has 0 saturated carbocycles. The first-order valence-corrected chi connectivity index (χ1v) is 3.56. The molecule has 0 aliphatic heterocycles. The van der Waals surface area contributed by atoms with Crippen LogP contribution in [0.1, 0.15) is 19.0 Å².